The molecule has 0 atom stereocenters. The van der Waals surface area contributed by atoms with Gasteiger partial charge in [-0.3, -0.25) is 0 Å². The first-order valence-corrected chi connectivity index (χ1v) is 9.19. The fourth-order valence-electron chi connectivity index (χ4n) is 2.67. The lowest BCUT2D eigenvalue weighted by Crippen LogP contribution is -2.15. The number of unbranched alkanes of at least 4 members (excludes halogenated alkanes) is 10. The summed E-state index contributed by atoms with van der Waals surface area (Å²) in [6.07, 6.45) is 18.9. The van der Waals surface area contributed by atoms with Crippen LogP contribution in [0.1, 0.15) is 111 Å². The molecule has 0 saturated carbocycles. The van der Waals surface area contributed by atoms with Crippen LogP contribution < -0.4 is 0 Å². The molecule has 0 aromatic rings. The van der Waals surface area contributed by atoms with Crippen molar-refractivity contribution in [3.05, 3.63) is 0 Å². The van der Waals surface area contributed by atoms with E-state index in [2.05, 4.69) is 20.8 Å². The van der Waals surface area contributed by atoms with Crippen LogP contribution in [0.15, 0.2) is 0 Å². The van der Waals surface area contributed by atoms with Gasteiger partial charge in [0.05, 0.1) is 0 Å². The van der Waals surface area contributed by atoms with Crippen molar-refractivity contribution in [3.8, 4) is 0 Å². The number of hydrogen-bond donors (Lipinski definition) is 0. The molecule has 0 N–H and O–H groups in total. The van der Waals surface area contributed by atoms with Crippen LogP contribution in [-0.4, -0.2) is 15.8 Å². The summed E-state index contributed by atoms with van der Waals surface area (Å²) in [4.78, 5) is 0.0650. The quantitative estimate of drug-likeness (QED) is 0.208. The summed E-state index contributed by atoms with van der Waals surface area (Å²) in [6.45, 7) is 6.79. The summed E-state index contributed by atoms with van der Waals surface area (Å²) in [5.41, 5.74) is 0. The molecule has 0 heterocycles. The van der Waals surface area contributed by atoms with Gasteiger partial charge in [0, 0.05) is 4.87 Å². The Labute approximate surface area is 138 Å². The molecule has 0 aliphatic rings. The molecule has 0 amide bonds. The van der Waals surface area contributed by atoms with E-state index in [1.165, 1.54) is 89.9 Å². The molecule has 0 bridgehead atoms. The van der Waals surface area contributed by atoms with Crippen molar-refractivity contribution in [3.63, 3.8) is 0 Å². The van der Waals surface area contributed by atoms with Gasteiger partial charge in [0.1, 0.15) is 0 Å². The standard InChI is InChI=1S/C18H37Cl.H4Si/c1-4-6-8-10-12-14-16-18(3,19)17-15-13-11-9-7-5-2;/h4-17H2,1-3H3;1H4. The number of halogens is 1. The summed E-state index contributed by atoms with van der Waals surface area (Å²) in [5, 5.41) is 0. The molecule has 0 radical (unpaired) electrons. The molecule has 0 nitrogen and oxygen atoms in total. The second-order valence-electron chi connectivity index (χ2n) is 6.45. The first-order chi connectivity index (χ1) is 9.12. The SMILES string of the molecule is CCCCCCCCC(C)(Cl)CCCCCCCC.[SiH4]. The van der Waals surface area contributed by atoms with Gasteiger partial charge in [-0.1, -0.05) is 90.9 Å². The Morgan fingerprint density at radius 2 is 0.900 bits per heavy atom. The largest absolute Gasteiger partial charge is 0.120 e. The fraction of sp³-hybridized carbons (Fsp3) is 1.00. The highest BCUT2D eigenvalue weighted by Gasteiger charge is 2.19. The highest BCUT2D eigenvalue weighted by molar-refractivity contribution is 6.23. The smallest absolute Gasteiger partial charge is 0.0418 e. The fourth-order valence-corrected chi connectivity index (χ4v) is 2.94. The molecule has 0 unspecified atom stereocenters. The van der Waals surface area contributed by atoms with E-state index >= 15 is 0 Å². The molecule has 2 heteroatoms. The van der Waals surface area contributed by atoms with Crippen molar-refractivity contribution in [1.82, 2.24) is 0 Å². The predicted molar refractivity (Wildman–Crippen MR) is 102 cm³/mol. The number of hydrogen-bond acceptors (Lipinski definition) is 0. The highest BCUT2D eigenvalue weighted by Crippen LogP contribution is 2.29. The van der Waals surface area contributed by atoms with Gasteiger partial charge in [-0.2, -0.15) is 0 Å². The van der Waals surface area contributed by atoms with Gasteiger partial charge in [0.2, 0.25) is 0 Å². The molecule has 0 fully saturated rings. The molecular formula is C18H41ClSi. The molecule has 0 aromatic carbocycles. The van der Waals surface area contributed by atoms with E-state index in [1.807, 2.05) is 0 Å². The molecule has 0 saturated heterocycles. The molecular weight excluding hydrogens is 280 g/mol. The lowest BCUT2D eigenvalue weighted by atomic mass is 9.95. The van der Waals surface area contributed by atoms with Crippen LogP contribution in [0, 0.1) is 0 Å². The van der Waals surface area contributed by atoms with E-state index in [-0.39, 0.29) is 15.8 Å². The summed E-state index contributed by atoms with van der Waals surface area (Å²) < 4.78 is 0. The van der Waals surface area contributed by atoms with E-state index in [9.17, 15) is 0 Å². The van der Waals surface area contributed by atoms with Gasteiger partial charge in [-0.15, -0.1) is 11.6 Å². The zero-order chi connectivity index (χ0) is 14.4. The first kappa shape index (κ1) is 22.8. The maximum absolute atomic E-state index is 6.62. The maximum atomic E-state index is 6.62. The molecule has 0 rings (SSSR count). The molecule has 0 aliphatic carbocycles. The summed E-state index contributed by atoms with van der Waals surface area (Å²) in [5.74, 6) is 0. The third-order valence-corrected chi connectivity index (χ3v) is 4.48. The Bertz CT molecular complexity index is 162. The molecule has 124 valence electrons. The van der Waals surface area contributed by atoms with Crippen LogP contribution in [0.3, 0.4) is 0 Å². The van der Waals surface area contributed by atoms with Gasteiger partial charge < -0.3 is 0 Å². The second kappa shape index (κ2) is 15.9. The summed E-state index contributed by atoms with van der Waals surface area (Å²) in [6, 6.07) is 0. The Hall–Kier alpha value is 0.507. The van der Waals surface area contributed by atoms with Gasteiger partial charge in [0.15, 0.2) is 0 Å². The van der Waals surface area contributed by atoms with E-state index < -0.39 is 0 Å². The Morgan fingerprint density at radius 1 is 0.600 bits per heavy atom. The number of alkyl halides is 1. The maximum Gasteiger partial charge on any atom is 0.0418 e. The van der Waals surface area contributed by atoms with Crippen molar-refractivity contribution < 1.29 is 0 Å². The Morgan fingerprint density at radius 3 is 1.25 bits per heavy atom. The molecule has 0 spiro atoms. The van der Waals surface area contributed by atoms with Crippen LogP contribution in [0.4, 0.5) is 0 Å². The third-order valence-electron chi connectivity index (χ3n) is 4.10. The monoisotopic (exact) mass is 320 g/mol. The van der Waals surface area contributed by atoms with Gasteiger partial charge in [-0.25, -0.2) is 0 Å². The van der Waals surface area contributed by atoms with Crippen LogP contribution in [0.2, 0.25) is 0 Å². The summed E-state index contributed by atoms with van der Waals surface area (Å²) in [7, 11) is 0. The van der Waals surface area contributed by atoms with Crippen molar-refractivity contribution >= 4 is 22.6 Å². The molecule has 0 aliphatic heterocycles. The second-order valence-corrected chi connectivity index (χ2v) is 7.36. The zero-order valence-corrected chi connectivity index (χ0v) is 14.5. The minimum atomic E-state index is 0. The van der Waals surface area contributed by atoms with Gasteiger partial charge in [-0.05, 0) is 30.7 Å². The lowest BCUT2D eigenvalue weighted by Gasteiger charge is -2.21. The van der Waals surface area contributed by atoms with Crippen LogP contribution >= 0.6 is 11.6 Å². The van der Waals surface area contributed by atoms with Gasteiger partial charge in [0.25, 0.3) is 0 Å². The van der Waals surface area contributed by atoms with Crippen LogP contribution in [0.25, 0.3) is 0 Å². The van der Waals surface area contributed by atoms with E-state index in [0.29, 0.717) is 0 Å². The topological polar surface area (TPSA) is 0 Å². The van der Waals surface area contributed by atoms with Crippen LogP contribution in [-0.2, 0) is 0 Å². The summed E-state index contributed by atoms with van der Waals surface area (Å²) >= 11 is 6.62. The molecule has 20 heavy (non-hydrogen) atoms. The van der Waals surface area contributed by atoms with Crippen molar-refractivity contribution in [2.24, 2.45) is 0 Å². The first-order valence-electron chi connectivity index (χ1n) is 8.81. The Kier molecular flexibility index (Phi) is 18.1. The van der Waals surface area contributed by atoms with E-state index in [4.69, 9.17) is 11.6 Å². The highest BCUT2D eigenvalue weighted by atomic mass is 35.5. The number of rotatable bonds is 14. The Balaban J connectivity index is 0. The van der Waals surface area contributed by atoms with Crippen molar-refractivity contribution in [2.45, 2.75) is 116 Å². The van der Waals surface area contributed by atoms with E-state index in [1.54, 1.807) is 0 Å². The minimum Gasteiger partial charge on any atom is -0.120 e. The lowest BCUT2D eigenvalue weighted by molar-refractivity contribution is 0.459. The normalized spacial score (nSPS) is 11.4. The zero-order valence-electron chi connectivity index (χ0n) is 13.8. The minimum absolute atomic E-state index is 0. The third kappa shape index (κ3) is 16.6. The van der Waals surface area contributed by atoms with Crippen LogP contribution in [0.5, 0.6) is 0 Å². The van der Waals surface area contributed by atoms with E-state index in [0.717, 1.165) is 0 Å². The van der Waals surface area contributed by atoms with Gasteiger partial charge >= 0.3 is 0 Å². The van der Waals surface area contributed by atoms with Crippen molar-refractivity contribution in [2.75, 3.05) is 0 Å². The average molecular weight is 321 g/mol. The predicted octanol–water partition coefficient (Wildman–Crippen LogP) is 6.03. The average Bonchev–Trinajstić information content (AvgIpc) is 2.38. The molecule has 0 aromatic heterocycles. The van der Waals surface area contributed by atoms with Crippen molar-refractivity contribution in [1.29, 1.82) is 0 Å².